The normalized spacial score (nSPS) is 12.0. The average molecular weight is 332 g/mol. The van der Waals surface area contributed by atoms with E-state index in [4.69, 9.17) is 19.5 Å². The summed E-state index contributed by atoms with van der Waals surface area (Å²) in [5.74, 6) is 1.67. The van der Waals surface area contributed by atoms with E-state index in [0.29, 0.717) is 24.7 Å². The molecule has 1 heterocycles. The monoisotopic (exact) mass is 332 g/mol. The second kappa shape index (κ2) is 8.66. The van der Waals surface area contributed by atoms with Crippen molar-refractivity contribution in [1.29, 1.82) is 0 Å². The Balaban J connectivity index is 0.000000647. The molecule has 6 nitrogen and oxygen atoms in total. The number of nitrogens with two attached hydrogens (primary N) is 1. The number of benzene rings is 2. The molecule has 1 aliphatic rings. The number of primary amides is 1. The molecule has 2 aromatic rings. The van der Waals surface area contributed by atoms with Gasteiger partial charge in [0, 0.05) is 12.1 Å². The van der Waals surface area contributed by atoms with Gasteiger partial charge in [0.25, 0.3) is 0 Å². The summed E-state index contributed by atoms with van der Waals surface area (Å²) in [5, 5.41) is 8.74. The fourth-order valence-electron chi connectivity index (χ4n) is 2.11. The quantitative estimate of drug-likeness (QED) is 0.591. The van der Waals surface area contributed by atoms with Gasteiger partial charge in [-0.3, -0.25) is 4.79 Å². The summed E-state index contributed by atoms with van der Waals surface area (Å²) in [7, 11) is 0. The van der Waals surface area contributed by atoms with Crippen molar-refractivity contribution < 1.29 is 23.9 Å². The summed E-state index contributed by atoms with van der Waals surface area (Å²) in [6, 6.07) is 11.3. The van der Waals surface area contributed by atoms with Crippen molar-refractivity contribution in [3.63, 3.8) is 0 Å². The Morgan fingerprint density at radius 1 is 1.25 bits per heavy atom. The largest absolute Gasteiger partial charge is 0.489 e. The summed E-state index contributed by atoms with van der Waals surface area (Å²) in [4.78, 5) is 8.58. The Morgan fingerprint density at radius 2 is 1.92 bits per heavy atom. The van der Waals surface area contributed by atoms with Crippen molar-refractivity contribution in [2.45, 2.75) is 0 Å². The zero-order valence-corrected chi connectivity index (χ0v) is 12.7. The fourth-order valence-corrected chi connectivity index (χ4v) is 2.11. The van der Waals surface area contributed by atoms with E-state index < -0.39 is 0 Å². The summed E-state index contributed by atoms with van der Waals surface area (Å²) in [6.07, 6.45) is 2.19. The molecule has 0 atom stereocenters. The van der Waals surface area contributed by atoms with Gasteiger partial charge in [0.1, 0.15) is 29.7 Å². The van der Waals surface area contributed by atoms with Crippen LogP contribution in [0.3, 0.4) is 0 Å². The lowest BCUT2D eigenvalue weighted by Crippen LogP contribution is -2.18. The molecule has 3 rings (SSSR count). The molecule has 1 aliphatic heterocycles. The molecule has 0 saturated carbocycles. The van der Waals surface area contributed by atoms with Gasteiger partial charge in [-0.25, -0.2) is 9.87 Å². The van der Waals surface area contributed by atoms with Crippen LogP contribution in [0.1, 0.15) is 5.56 Å². The molecule has 0 aromatic heterocycles. The number of amides is 1. The van der Waals surface area contributed by atoms with Gasteiger partial charge in [-0.15, -0.1) is 0 Å². The first-order chi connectivity index (χ1) is 11.7. The van der Waals surface area contributed by atoms with E-state index in [-0.39, 0.29) is 12.2 Å². The Labute approximate surface area is 138 Å². The zero-order chi connectivity index (χ0) is 17.4. The number of ether oxygens (including phenoxy) is 2. The molecule has 1 amide bonds. The van der Waals surface area contributed by atoms with Crippen LogP contribution in [-0.2, 0) is 4.79 Å². The van der Waals surface area contributed by atoms with Crippen LogP contribution >= 0.6 is 0 Å². The maximum Gasteiger partial charge on any atom is 0.204 e. The first-order valence-corrected chi connectivity index (χ1v) is 7.08. The van der Waals surface area contributed by atoms with Crippen LogP contribution in [0, 0.1) is 5.82 Å². The van der Waals surface area contributed by atoms with Crippen LogP contribution in [0.4, 0.5) is 4.39 Å². The minimum atomic E-state index is -0.301. The molecule has 0 saturated heterocycles. The average Bonchev–Trinajstić information content (AvgIpc) is 2.58. The van der Waals surface area contributed by atoms with E-state index in [2.05, 4.69) is 11.2 Å². The van der Waals surface area contributed by atoms with Gasteiger partial charge in [0.15, 0.2) is 0 Å². The maximum atomic E-state index is 12.9. The standard InChI is InChI=1S/C16H14FNO3.CH3NO/c17-13-1-3-14(4-2-13)21-15-5-6-16-12(8-15)7-11(9-18-19)10-20-16;2-1-3/h1-8,18-19H,9-10H2;1H,(H2,2,3). The lowest BCUT2D eigenvalue weighted by atomic mass is 10.1. The Kier molecular flexibility index (Phi) is 6.30. The van der Waals surface area contributed by atoms with E-state index in [9.17, 15) is 4.39 Å². The lowest BCUT2D eigenvalue weighted by molar-refractivity contribution is -0.106. The number of fused-ring (bicyclic) bond motifs is 1. The van der Waals surface area contributed by atoms with Crippen molar-refractivity contribution in [3.8, 4) is 17.2 Å². The molecule has 0 bridgehead atoms. The molecular weight excluding hydrogens is 315 g/mol. The molecule has 4 N–H and O–H groups in total. The summed E-state index contributed by atoms with van der Waals surface area (Å²) in [5.41, 5.74) is 8.09. The minimum Gasteiger partial charge on any atom is -0.489 e. The van der Waals surface area contributed by atoms with Crippen LogP contribution in [-0.4, -0.2) is 24.8 Å². The van der Waals surface area contributed by atoms with Crippen molar-refractivity contribution in [2.24, 2.45) is 5.73 Å². The molecule has 0 unspecified atom stereocenters. The number of nitrogens with one attached hydrogen (secondary N) is 1. The first-order valence-electron chi connectivity index (χ1n) is 7.08. The summed E-state index contributed by atoms with van der Waals surface area (Å²) >= 11 is 0. The number of halogens is 1. The highest BCUT2D eigenvalue weighted by Gasteiger charge is 2.12. The van der Waals surface area contributed by atoms with Gasteiger partial charge in [0.2, 0.25) is 6.41 Å². The molecule has 0 aliphatic carbocycles. The van der Waals surface area contributed by atoms with Crippen molar-refractivity contribution in [3.05, 3.63) is 59.4 Å². The third kappa shape index (κ3) is 4.80. The van der Waals surface area contributed by atoms with E-state index in [1.54, 1.807) is 18.2 Å². The van der Waals surface area contributed by atoms with Crippen LogP contribution in [0.2, 0.25) is 0 Å². The van der Waals surface area contributed by atoms with Crippen molar-refractivity contribution in [2.75, 3.05) is 13.2 Å². The summed E-state index contributed by atoms with van der Waals surface area (Å²) < 4.78 is 24.1. The Morgan fingerprint density at radius 3 is 2.58 bits per heavy atom. The van der Waals surface area contributed by atoms with Gasteiger partial charge in [0.05, 0.1) is 0 Å². The second-order valence-corrected chi connectivity index (χ2v) is 4.82. The van der Waals surface area contributed by atoms with Gasteiger partial charge >= 0.3 is 0 Å². The van der Waals surface area contributed by atoms with E-state index in [1.807, 2.05) is 18.2 Å². The maximum absolute atomic E-state index is 12.9. The van der Waals surface area contributed by atoms with Crippen LogP contribution in [0.5, 0.6) is 17.2 Å². The first kappa shape index (κ1) is 17.5. The lowest BCUT2D eigenvalue weighted by Gasteiger charge is -2.18. The van der Waals surface area contributed by atoms with E-state index in [1.165, 1.54) is 12.1 Å². The second-order valence-electron chi connectivity index (χ2n) is 4.82. The summed E-state index contributed by atoms with van der Waals surface area (Å²) in [6.45, 7) is 0.793. The molecule has 7 heteroatoms. The van der Waals surface area contributed by atoms with Gasteiger partial charge in [-0.2, -0.15) is 0 Å². The predicted octanol–water partition coefficient (Wildman–Crippen LogP) is 2.47. The van der Waals surface area contributed by atoms with Crippen LogP contribution < -0.4 is 20.7 Å². The minimum absolute atomic E-state index is 0.250. The number of hydrogen-bond acceptors (Lipinski definition) is 5. The fraction of sp³-hybridized carbons (Fsp3) is 0.118. The zero-order valence-electron chi connectivity index (χ0n) is 12.7. The molecule has 0 radical (unpaired) electrons. The highest BCUT2D eigenvalue weighted by atomic mass is 19.1. The third-order valence-corrected chi connectivity index (χ3v) is 3.11. The number of rotatable bonds is 4. The smallest absolute Gasteiger partial charge is 0.204 e. The number of carbonyl (C=O) groups excluding carboxylic acids is 1. The Bertz CT molecular complexity index is 717. The SMILES string of the molecule is NC=O.ONCC1=Cc2cc(Oc3ccc(F)cc3)ccc2OC1. The van der Waals surface area contributed by atoms with Crippen LogP contribution in [0.15, 0.2) is 48.0 Å². The van der Waals surface area contributed by atoms with E-state index >= 15 is 0 Å². The van der Waals surface area contributed by atoms with Gasteiger partial charge in [-0.1, -0.05) is 0 Å². The molecule has 0 fully saturated rings. The van der Waals surface area contributed by atoms with Crippen molar-refractivity contribution >= 4 is 12.5 Å². The Hall–Kier alpha value is -2.90. The predicted molar refractivity (Wildman–Crippen MR) is 86.4 cm³/mol. The van der Waals surface area contributed by atoms with Crippen LogP contribution in [0.25, 0.3) is 6.08 Å². The highest BCUT2D eigenvalue weighted by molar-refractivity contribution is 5.64. The molecule has 126 valence electrons. The van der Waals surface area contributed by atoms with E-state index in [0.717, 1.165) is 16.9 Å². The molecule has 24 heavy (non-hydrogen) atoms. The number of hydroxylamine groups is 1. The molecular formula is C17H17FN2O4. The van der Waals surface area contributed by atoms with Gasteiger partial charge in [-0.05, 0) is 54.1 Å². The topological polar surface area (TPSA) is 93.8 Å². The molecule has 2 aromatic carbocycles. The number of hydrogen-bond donors (Lipinski definition) is 3. The molecule has 0 spiro atoms. The highest BCUT2D eigenvalue weighted by Crippen LogP contribution is 2.31. The van der Waals surface area contributed by atoms with Crippen molar-refractivity contribution in [1.82, 2.24) is 5.48 Å². The third-order valence-electron chi connectivity index (χ3n) is 3.11. The number of carbonyl (C=O) groups is 1. The van der Waals surface area contributed by atoms with Gasteiger partial charge < -0.3 is 20.4 Å².